The van der Waals surface area contributed by atoms with E-state index < -0.39 is 10.8 Å². The van der Waals surface area contributed by atoms with Gasteiger partial charge < -0.3 is 24.6 Å². The summed E-state index contributed by atoms with van der Waals surface area (Å²) in [6.45, 7) is 8.00. The van der Waals surface area contributed by atoms with Crippen LogP contribution in [0, 0.1) is 10.1 Å². The molecule has 0 aromatic heterocycles. The molecule has 0 saturated carbocycles. The van der Waals surface area contributed by atoms with Gasteiger partial charge in [-0.15, -0.1) is 0 Å². The number of piperazine rings is 1. The second-order valence-electron chi connectivity index (χ2n) is 9.34. The highest BCUT2D eigenvalue weighted by Gasteiger charge is 2.32. The number of rotatable bonds is 7. The Labute approximate surface area is 203 Å². The molecule has 0 unspecified atom stereocenters. The molecule has 2 aliphatic heterocycles. The molecule has 4 rings (SSSR count). The maximum Gasteiger partial charge on any atom is 0.293 e. The summed E-state index contributed by atoms with van der Waals surface area (Å²) in [5.74, 6) is 0.940. The highest BCUT2D eigenvalue weighted by molar-refractivity contribution is 5.95. The molecule has 0 atom stereocenters. The van der Waals surface area contributed by atoms with Crippen molar-refractivity contribution in [2.75, 3.05) is 44.2 Å². The smallest absolute Gasteiger partial charge is 0.293 e. The van der Waals surface area contributed by atoms with E-state index in [2.05, 4.69) is 5.32 Å². The number of hydrogen-bond acceptors (Lipinski definition) is 7. The fraction of sp³-hybridized carbons (Fsp3) is 0.440. The molecule has 0 spiro atoms. The van der Waals surface area contributed by atoms with E-state index in [0.29, 0.717) is 37.6 Å². The van der Waals surface area contributed by atoms with Crippen LogP contribution in [0.1, 0.15) is 36.7 Å². The van der Waals surface area contributed by atoms with E-state index in [0.717, 1.165) is 17.7 Å². The van der Waals surface area contributed by atoms with Gasteiger partial charge in [-0.3, -0.25) is 19.7 Å². The molecule has 2 heterocycles. The molecule has 0 bridgehead atoms. The van der Waals surface area contributed by atoms with Gasteiger partial charge in [0, 0.05) is 56.7 Å². The van der Waals surface area contributed by atoms with Crippen LogP contribution in [-0.4, -0.2) is 66.6 Å². The van der Waals surface area contributed by atoms with Crippen molar-refractivity contribution in [2.45, 2.75) is 32.8 Å². The normalized spacial score (nSPS) is 16.3. The zero-order chi connectivity index (χ0) is 25.2. The Kier molecular flexibility index (Phi) is 6.81. The fourth-order valence-corrected chi connectivity index (χ4v) is 4.47. The minimum Gasteiger partial charge on any atom is -0.488 e. The monoisotopic (exact) mass is 482 g/mol. The van der Waals surface area contributed by atoms with Gasteiger partial charge in [0.2, 0.25) is 5.91 Å². The van der Waals surface area contributed by atoms with Crippen LogP contribution in [0.4, 0.5) is 11.4 Å². The zero-order valence-corrected chi connectivity index (χ0v) is 20.2. The molecule has 10 heteroatoms. The number of fused-ring (bicyclic) bond motifs is 1. The van der Waals surface area contributed by atoms with E-state index in [1.54, 1.807) is 17.0 Å². The summed E-state index contributed by atoms with van der Waals surface area (Å²) < 4.78 is 11.8. The quantitative estimate of drug-likeness (QED) is 0.367. The van der Waals surface area contributed by atoms with Gasteiger partial charge in [0.05, 0.1) is 11.5 Å². The number of carbonyl (C=O) groups excluding carboxylic acids is 2. The number of carbonyl (C=O) groups is 2. The second kappa shape index (κ2) is 9.81. The van der Waals surface area contributed by atoms with Gasteiger partial charge in [0.15, 0.2) is 11.5 Å². The fourth-order valence-electron chi connectivity index (χ4n) is 4.47. The first-order chi connectivity index (χ1) is 16.6. The van der Waals surface area contributed by atoms with Crippen LogP contribution in [0.15, 0.2) is 36.4 Å². The first-order valence-electron chi connectivity index (χ1n) is 11.7. The van der Waals surface area contributed by atoms with Gasteiger partial charge in [-0.2, -0.15) is 0 Å². The number of benzene rings is 2. The van der Waals surface area contributed by atoms with Gasteiger partial charge in [-0.05, 0) is 32.0 Å². The van der Waals surface area contributed by atoms with Crippen LogP contribution in [-0.2, 0) is 11.2 Å². The van der Waals surface area contributed by atoms with Gasteiger partial charge in [0.25, 0.3) is 11.6 Å². The average molecular weight is 483 g/mol. The van der Waals surface area contributed by atoms with Crippen LogP contribution < -0.4 is 19.7 Å². The van der Waals surface area contributed by atoms with Crippen LogP contribution in [0.5, 0.6) is 11.5 Å². The molecule has 2 aromatic carbocycles. The van der Waals surface area contributed by atoms with Crippen LogP contribution in [0.2, 0.25) is 0 Å². The van der Waals surface area contributed by atoms with E-state index in [9.17, 15) is 19.7 Å². The highest BCUT2D eigenvalue weighted by Crippen LogP contribution is 2.41. The average Bonchev–Trinajstić information content (AvgIpc) is 3.15. The molecular formula is C25H30N4O6. The lowest BCUT2D eigenvalue weighted by molar-refractivity contribution is -0.384. The first-order valence-corrected chi connectivity index (χ1v) is 11.7. The lowest BCUT2D eigenvalue weighted by atomic mass is 10.0. The molecule has 1 saturated heterocycles. The molecular weight excluding hydrogens is 452 g/mol. The Hall–Kier alpha value is -3.82. The topological polar surface area (TPSA) is 114 Å². The summed E-state index contributed by atoms with van der Waals surface area (Å²) in [5.41, 5.74) is 1.32. The van der Waals surface area contributed by atoms with Crippen molar-refractivity contribution in [3.63, 3.8) is 0 Å². The minimum absolute atomic E-state index is 0.0110. The predicted molar refractivity (Wildman–Crippen MR) is 130 cm³/mol. The summed E-state index contributed by atoms with van der Waals surface area (Å²) in [6, 6.07) is 10.2. The van der Waals surface area contributed by atoms with Crippen molar-refractivity contribution in [3.8, 4) is 11.5 Å². The summed E-state index contributed by atoms with van der Waals surface area (Å²) in [4.78, 5) is 39.0. The van der Waals surface area contributed by atoms with E-state index in [4.69, 9.17) is 9.47 Å². The second-order valence-corrected chi connectivity index (χ2v) is 9.34. The van der Waals surface area contributed by atoms with Crippen molar-refractivity contribution in [3.05, 3.63) is 57.6 Å². The Morgan fingerprint density at radius 1 is 1.17 bits per heavy atom. The van der Waals surface area contributed by atoms with E-state index in [-0.39, 0.29) is 35.9 Å². The van der Waals surface area contributed by atoms with E-state index in [1.165, 1.54) is 13.0 Å². The van der Waals surface area contributed by atoms with Crippen LogP contribution >= 0.6 is 0 Å². The van der Waals surface area contributed by atoms with Crippen LogP contribution in [0.25, 0.3) is 0 Å². The Bertz CT molecular complexity index is 1140. The summed E-state index contributed by atoms with van der Waals surface area (Å²) >= 11 is 0. The number of nitro groups is 1. The molecule has 1 N–H and O–H groups in total. The highest BCUT2D eigenvalue weighted by atomic mass is 16.6. The van der Waals surface area contributed by atoms with Crippen molar-refractivity contribution < 1.29 is 24.0 Å². The van der Waals surface area contributed by atoms with Crippen molar-refractivity contribution >= 4 is 23.2 Å². The number of para-hydroxylation sites is 1. The molecule has 2 aliphatic rings. The number of nitro benzene ring substituents is 1. The van der Waals surface area contributed by atoms with Crippen LogP contribution in [0.3, 0.4) is 0 Å². The van der Waals surface area contributed by atoms with E-state index >= 15 is 0 Å². The number of amides is 2. The molecule has 10 nitrogen and oxygen atoms in total. The lowest BCUT2D eigenvalue weighted by Gasteiger charge is -2.35. The Morgan fingerprint density at radius 3 is 2.60 bits per heavy atom. The van der Waals surface area contributed by atoms with Crippen molar-refractivity contribution in [1.82, 2.24) is 10.2 Å². The SMILES string of the molecule is CC(=O)N1CCN(c2ccc(C(=O)NCCOc3cccc4c3OC(C)(C)C4)cc2[N+](=O)[O-])CC1. The number of anilines is 1. The maximum atomic E-state index is 12.6. The molecule has 2 aromatic rings. The summed E-state index contributed by atoms with van der Waals surface area (Å²) in [7, 11) is 0. The van der Waals surface area contributed by atoms with Gasteiger partial charge in [0.1, 0.15) is 17.9 Å². The minimum atomic E-state index is -0.482. The maximum absolute atomic E-state index is 12.6. The predicted octanol–water partition coefficient (Wildman–Crippen LogP) is 2.79. The number of hydrogen-bond donors (Lipinski definition) is 1. The van der Waals surface area contributed by atoms with Crippen molar-refractivity contribution in [2.24, 2.45) is 0 Å². The zero-order valence-electron chi connectivity index (χ0n) is 20.2. The third-order valence-electron chi connectivity index (χ3n) is 6.20. The first kappa shape index (κ1) is 24.3. The largest absolute Gasteiger partial charge is 0.488 e. The standard InChI is InChI=1S/C25H30N4O6/c1-17(30)27-10-12-28(13-11-27)20-8-7-18(15-21(20)29(32)33)24(31)26-9-14-34-22-6-4-5-19-16-25(2,3)35-23(19)22/h4-8,15H,9-14,16H2,1-3H3,(H,26,31). The van der Waals surface area contributed by atoms with Gasteiger partial charge >= 0.3 is 0 Å². The third-order valence-corrected chi connectivity index (χ3v) is 6.20. The number of nitrogens with zero attached hydrogens (tertiary/aromatic N) is 3. The van der Waals surface area contributed by atoms with Gasteiger partial charge in [-0.25, -0.2) is 0 Å². The lowest BCUT2D eigenvalue weighted by Crippen LogP contribution is -2.48. The van der Waals surface area contributed by atoms with E-state index in [1.807, 2.05) is 36.9 Å². The Balaban J connectivity index is 1.35. The third kappa shape index (κ3) is 5.47. The van der Waals surface area contributed by atoms with Gasteiger partial charge in [-0.1, -0.05) is 12.1 Å². The molecule has 0 radical (unpaired) electrons. The molecule has 1 fully saturated rings. The summed E-state index contributed by atoms with van der Waals surface area (Å²) in [6.07, 6.45) is 0.803. The Morgan fingerprint density at radius 2 is 1.91 bits per heavy atom. The van der Waals surface area contributed by atoms with Crippen molar-refractivity contribution in [1.29, 1.82) is 0 Å². The molecule has 35 heavy (non-hydrogen) atoms. The number of ether oxygens (including phenoxy) is 2. The molecule has 0 aliphatic carbocycles. The molecule has 2 amide bonds. The summed E-state index contributed by atoms with van der Waals surface area (Å²) in [5, 5.41) is 14.5. The number of nitrogens with one attached hydrogen (secondary N) is 1. The molecule has 186 valence electrons.